The largest absolute Gasteiger partial charge is 0.481 e. The highest BCUT2D eigenvalue weighted by Crippen LogP contribution is 2.27. The number of carbonyl (C=O) groups is 1. The van der Waals surface area contributed by atoms with Crippen LogP contribution in [0.4, 0.5) is 14.5 Å². The van der Waals surface area contributed by atoms with Gasteiger partial charge in [-0.15, -0.1) is 0 Å². The summed E-state index contributed by atoms with van der Waals surface area (Å²) in [5, 5.41) is 8.54. The molecule has 15 heavy (non-hydrogen) atoms. The van der Waals surface area contributed by atoms with Crippen molar-refractivity contribution in [2.24, 2.45) is 0 Å². The van der Waals surface area contributed by atoms with Crippen LogP contribution in [0.25, 0.3) is 0 Å². The van der Waals surface area contributed by atoms with Crippen LogP contribution >= 0.6 is 15.9 Å². The molecule has 0 spiro atoms. The molecule has 0 aliphatic heterocycles. The molecule has 0 atom stereocenters. The summed E-state index contributed by atoms with van der Waals surface area (Å²) in [4.78, 5) is 13.9. The SMILES string of the molecule is Nc1cc(C(F)F)nc(Br)c1CC(=O)O. The highest BCUT2D eigenvalue weighted by atomic mass is 79.9. The molecule has 1 aromatic heterocycles. The fourth-order valence-electron chi connectivity index (χ4n) is 1.02. The summed E-state index contributed by atoms with van der Waals surface area (Å²) in [5.41, 5.74) is 5.16. The van der Waals surface area contributed by atoms with Crippen molar-refractivity contribution in [3.63, 3.8) is 0 Å². The van der Waals surface area contributed by atoms with Crippen LogP contribution in [0.2, 0.25) is 0 Å². The van der Waals surface area contributed by atoms with Crippen LogP contribution < -0.4 is 5.73 Å². The molecule has 7 heteroatoms. The Labute approximate surface area is 92.2 Å². The number of hydrogen-bond acceptors (Lipinski definition) is 3. The van der Waals surface area contributed by atoms with E-state index in [1.165, 1.54) is 0 Å². The molecule has 0 aliphatic rings. The number of halogens is 3. The Kier molecular flexibility index (Phi) is 3.57. The van der Waals surface area contributed by atoms with Crippen molar-refractivity contribution in [3.05, 3.63) is 21.9 Å². The van der Waals surface area contributed by atoms with Gasteiger partial charge in [-0.2, -0.15) is 0 Å². The average Bonchev–Trinajstić information content (AvgIpc) is 2.10. The van der Waals surface area contributed by atoms with E-state index >= 15 is 0 Å². The minimum absolute atomic E-state index is 0.00502. The van der Waals surface area contributed by atoms with Gasteiger partial charge in [-0.25, -0.2) is 13.8 Å². The molecule has 4 nitrogen and oxygen atoms in total. The second-order valence-electron chi connectivity index (χ2n) is 2.78. The zero-order valence-electron chi connectivity index (χ0n) is 7.38. The molecular weight excluding hydrogens is 274 g/mol. The number of pyridine rings is 1. The van der Waals surface area contributed by atoms with Gasteiger partial charge in [0.05, 0.1) is 6.42 Å². The van der Waals surface area contributed by atoms with Crippen LogP contribution in [-0.4, -0.2) is 16.1 Å². The number of hydrogen-bond donors (Lipinski definition) is 2. The number of nitrogens with two attached hydrogens (primary N) is 1. The molecule has 0 amide bonds. The van der Waals surface area contributed by atoms with E-state index in [0.717, 1.165) is 6.07 Å². The fraction of sp³-hybridized carbons (Fsp3) is 0.250. The smallest absolute Gasteiger partial charge is 0.307 e. The number of aliphatic carboxylic acids is 1. The molecule has 1 heterocycles. The van der Waals surface area contributed by atoms with Crippen LogP contribution in [0.1, 0.15) is 17.7 Å². The van der Waals surface area contributed by atoms with Crippen molar-refractivity contribution in [2.45, 2.75) is 12.8 Å². The number of nitrogens with zero attached hydrogens (tertiary/aromatic N) is 1. The van der Waals surface area contributed by atoms with Crippen molar-refractivity contribution in [1.82, 2.24) is 4.98 Å². The van der Waals surface area contributed by atoms with Crippen molar-refractivity contribution in [2.75, 3.05) is 5.73 Å². The normalized spacial score (nSPS) is 10.7. The van der Waals surface area contributed by atoms with Gasteiger partial charge < -0.3 is 10.8 Å². The van der Waals surface area contributed by atoms with Gasteiger partial charge in [0, 0.05) is 11.3 Å². The summed E-state index contributed by atoms with van der Waals surface area (Å²) in [6, 6.07) is 0.980. The average molecular weight is 281 g/mol. The molecule has 0 bridgehead atoms. The number of aromatic nitrogens is 1. The first-order valence-electron chi connectivity index (χ1n) is 3.86. The first-order chi connectivity index (χ1) is 6.91. The minimum atomic E-state index is -2.73. The molecule has 0 aliphatic carbocycles. The zero-order valence-corrected chi connectivity index (χ0v) is 8.96. The van der Waals surface area contributed by atoms with Gasteiger partial charge in [0.15, 0.2) is 0 Å². The predicted octanol–water partition coefficient (Wildman–Crippen LogP) is 1.99. The lowest BCUT2D eigenvalue weighted by Gasteiger charge is -2.07. The van der Waals surface area contributed by atoms with Crippen LogP contribution in [0.5, 0.6) is 0 Å². The van der Waals surface area contributed by atoms with Crippen LogP contribution in [0, 0.1) is 0 Å². The van der Waals surface area contributed by atoms with Crippen molar-refractivity contribution < 1.29 is 18.7 Å². The number of rotatable bonds is 3. The Bertz CT molecular complexity index is 375. The molecule has 0 saturated heterocycles. The van der Waals surface area contributed by atoms with Crippen molar-refractivity contribution in [1.29, 1.82) is 0 Å². The maximum absolute atomic E-state index is 12.3. The first-order valence-corrected chi connectivity index (χ1v) is 4.66. The summed E-state index contributed by atoms with van der Waals surface area (Å²) in [6.07, 6.45) is -3.09. The first kappa shape index (κ1) is 11.8. The molecule has 3 N–H and O–H groups in total. The fourth-order valence-corrected chi connectivity index (χ4v) is 1.59. The lowest BCUT2D eigenvalue weighted by Crippen LogP contribution is -2.07. The van der Waals surface area contributed by atoms with Gasteiger partial charge in [0.25, 0.3) is 6.43 Å². The van der Waals surface area contributed by atoms with Crippen LogP contribution in [0.3, 0.4) is 0 Å². The monoisotopic (exact) mass is 280 g/mol. The zero-order chi connectivity index (χ0) is 11.6. The lowest BCUT2D eigenvalue weighted by atomic mass is 10.1. The van der Waals surface area contributed by atoms with Gasteiger partial charge >= 0.3 is 5.97 Å². The Morgan fingerprint density at radius 3 is 2.67 bits per heavy atom. The molecule has 1 aromatic rings. The van der Waals surface area contributed by atoms with Gasteiger partial charge in [-0.05, 0) is 22.0 Å². The molecule has 0 saturated carbocycles. The van der Waals surface area contributed by atoms with E-state index in [1.807, 2.05) is 0 Å². The molecule has 0 unspecified atom stereocenters. The minimum Gasteiger partial charge on any atom is -0.481 e. The number of nitrogen functional groups attached to an aromatic ring is 1. The summed E-state index contributed by atoms with van der Waals surface area (Å²) in [6.45, 7) is 0. The maximum atomic E-state index is 12.3. The maximum Gasteiger partial charge on any atom is 0.307 e. The Balaban J connectivity index is 3.15. The second-order valence-corrected chi connectivity index (χ2v) is 3.53. The number of carboxylic acids is 1. The topological polar surface area (TPSA) is 76.2 Å². The van der Waals surface area contributed by atoms with Crippen LogP contribution in [0.15, 0.2) is 10.7 Å². The number of carboxylic acid groups (broad SMARTS) is 1. The third-order valence-electron chi connectivity index (χ3n) is 1.68. The summed E-state index contributed by atoms with van der Waals surface area (Å²) >= 11 is 2.91. The lowest BCUT2D eigenvalue weighted by molar-refractivity contribution is -0.136. The van der Waals surface area contributed by atoms with Gasteiger partial charge in [-0.3, -0.25) is 4.79 Å². The van der Waals surface area contributed by atoms with Crippen molar-refractivity contribution in [3.8, 4) is 0 Å². The summed E-state index contributed by atoms with van der Waals surface area (Å²) < 4.78 is 24.6. The second kappa shape index (κ2) is 4.52. The molecule has 1 rings (SSSR count). The van der Waals surface area contributed by atoms with E-state index in [-0.39, 0.29) is 22.3 Å². The molecule has 0 aromatic carbocycles. The van der Waals surface area contributed by atoms with E-state index in [9.17, 15) is 13.6 Å². The summed E-state index contributed by atoms with van der Waals surface area (Å²) in [5.74, 6) is -1.10. The Morgan fingerprint density at radius 1 is 1.67 bits per heavy atom. The van der Waals surface area contributed by atoms with Gasteiger partial charge in [0.1, 0.15) is 10.3 Å². The van der Waals surface area contributed by atoms with E-state index in [4.69, 9.17) is 10.8 Å². The number of alkyl halides is 2. The highest BCUT2D eigenvalue weighted by molar-refractivity contribution is 9.10. The molecule has 0 fully saturated rings. The predicted molar refractivity (Wildman–Crippen MR) is 52.6 cm³/mol. The standard InChI is InChI=1S/C8H7BrF2N2O2/c9-7-3(1-6(14)15)4(12)2-5(13-7)8(10)11/h2,8H,1H2,(H2,12,13)(H,14,15). The van der Waals surface area contributed by atoms with E-state index in [1.54, 1.807) is 0 Å². The Hall–Kier alpha value is -1.24. The van der Waals surface area contributed by atoms with Gasteiger partial charge in [-0.1, -0.05) is 0 Å². The Morgan fingerprint density at radius 2 is 2.27 bits per heavy atom. The third-order valence-corrected chi connectivity index (χ3v) is 2.34. The summed E-state index contributed by atoms with van der Waals surface area (Å²) in [7, 11) is 0. The number of anilines is 1. The third kappa shape index (κ3) is 2.85. The van der Waals surface area contributed by atoms with Gasteiger partial charge in [0.2, 0.25) is 0 Å². The van der Waals surface area contributed by atoms with E-state index in [0.29, 0.717) is 0 Å². The van der Waals surface area contributed by atoms with E-state index in [2.05, 4.69) is 20.9 Å². The highest BCUT2D eigenvalue weighted by Gasteiger charge is 2.16. The molecule has 0 radical (unpaired) electrons. The van der Waals surface area contributed by atoms with Crippen molar-refractivity contribution >= 4 is 27.6 Å². The molecule has 82 valence electrons. The molecular formula is C8H7BrF2N2O2. The van der Waals surface area contributed by atoms with E-state index < -0.39 is 18.1 Å². The quantitative estimate of drug-likeness (QED) is 0.831. The van der Waals surface area contributed by atoms with Crippen LogP contribution in [-0.2, 0) is 11.2 Å².